The van der Waals surface area contributed by atoms with E-state index in [4.69, 9.17) is 8.83 Å². The SMILES string of the molecule is CCN(CC)c1ccc2cc(-c3ccc4c(c3)c3cc(-c5cc6ccccc6oc5=O)ccc3n4C)c(=O)oc2c1. The molecule has 7 rings (SSSR count). The zero-order valence-corrected chi connectivity index (χ0v) is 23.1. The van der Waals surface area contributed by atoms with Gasteiger partial charge in [0, 0.05) is 64.5 Å². The van der Waals surface area contributed by atoms with Crippen molar-refractivity contribution in [3.63, 3.8) is 0 Å². The van der Waals surface area contributed by atoms with Crippen LogP contribution in [0, 0.1) is 0 Å². The molecule has 202 valence electrons. The van der Waals surface area contributed by atoms with E-state index in [0.29, 0.717) is 22.3 Å². The molecule has 3 heterocycles. The number of rotatable bonds is 5. The number of fused-ring (bicyclic) bond motifs is 5. The molecule has 0 radical (unpaired) electrons. The first-order valence-electron chi connectivity index (χ1n) is 13.8. The fourth-order valence-electron chi connectivity index (χ4n) is 5.90. The molecule has 0 amide bonds. The minimum absolute atomic E-state index is 0.372. The second kappa shape index (κ2) is 9.52. The molecule has 7 aromatic rings. The van der Waals surface area contributed by atoms with Crippen molar-refractivity contribution in [2.24, 2.45) is 7.05 Å². The highest BCUT2D eigenvalue weighted by Gasteiger charge is 2.16. The van der Waals surface area contributed by atoms with Crippen LogP contribution in [0.5, 0.6) is 0 Å². The second-order valence-corrected chi connectivity index (χ2v) is 10.4. The largest absolute Gasteiger partial charge is 0.422 e. The van der Waals surface area contributed by atoms with Crippen molar-refractivity contribution in [2.75, 3.05) is 18.0 Å². The molecule has 0 N–H and O–H groups in total. The molecule has 4 aromatic carbocycles. The predicted octanol–water partition coefficient (Wildman–Crippen LogP) is 7.72. The van der Waals surface area contributed by atoms with Crippen LogP contribution < -0.4 is 16.2 Å². The maximum atomic E-state index is 13.2. The lowest BCUT2D eigenvalue weighted by molar-refractivity contribution is 0.563. The van der Waals surface area contributed by atoms with Gasteiger partial charge in [-0.2, -0.15) is 0 Å². The summed E-state index contributed by atoms with van der Waals surface area (Å²) in [6.45, 7) is 5.97. The topological polar surface area (TPSA) is 68.6 Å². The normalized spacial score (nSPS) is 11.7. The summed E-state index contributed by atoms with van der Waals surface area (Å²) in [6, 6.07) is 29.3. The summed E-state index contributed by atoms with van der Waals surface area (Å²) in [6.07, 6.45) is 0. The molecule has 0 spiro atoms. The summed E-state index contributed by atoms with van der Waals surface area (Å²) in [5, 5.41) is 3.72. The third-order valence-corrected chi connectivity index (χ3v) is 8.12. The number of aryl methyl sites for hydroxylation is 1. The summed E-state index contributed by atoms with van der Waals surface area (Å²) < 4.78 is 13.5. The quantitative estimate of drug-likeness (QED) is 0.209. The van der Waals surface area contributed by atoms with Gasteiger partial charge in [-0.25, -0.2) is 9.59 Å². The summed E-state index contributed by atoms with van der Waals surface area (Å²) in [4.78, 5) is 28.3. The van der Waals surface area contributed by atoms with E-state index >= 15 is 0 Å². The Balaban J connectivity index is 1.38. The van der Waals surface area contributed by atoms with Crippen LogP contribution in [0.1, 0.15) is 13.8 Å². The van der Waals surface area contributed by atoms with Crippen LogP contribution in [-0.2, 0) is 7.05 Å². The average Bonchev–Trinajstić information content (AvgIpc) is 3.27. The van der Waals surface area contributed by atoms with Crippen molar-refractivity contribution in [2.45, 2.75) is 13.8 Å². The van der Waals surface area contributed by atoms with E-state index < -0.39 is 0 Å². The molecule has 0 fully saturated rings. The van der Waals surface area contributed by atoms with Crippen LogP contribution in [-0.4, -0.2) is 17.7 Å². The van der Waals surface area contributed by atoms with E-state index in [1.807, 2.05) is 85.9 Å². The maximum Gasteiger partial charge on any atom is 0.344 e. The summed E-state index contributed by atoms with van der Waals surface area (Å²) in [7, 11) is 2.02. The summed E-state index contributed by atoms with van der Waals surface area (Å²) in [5.41, 5.74) is 6.08. The van der Waals surface area contributed by atoms with E-state index in [-0.39, 0.29) is 11.3 Å². The van der Waals surface area contributed by atoms with Gasteiger partial charge in [-0.05, 0) is 79.6 Å². The molecule has 0 aliphatic heterocycles. The van der Waals surface area contributed by atoms with Gasteiger partial charge in [0.2, 0.25) is 0 Å². The molecule has 0 aliphatic carbocycles. The van der Waals surface area contributed by atoms with Crippen molar-refractivity contribution in [3.8, 4) is 22.3 Å². The van der Waals surface area contributed by atoms with E-state index in [1.54, 1.807) is 6.07 Å². The highest BCUT2D eigenvalue weighted by atomic mass is 16.4. The van der Waals surface area contributed by atoms with Gasteiger partial charge in [-0.1, -0.05) is 30.3 Å². The highest BCUT2D eigenvalue weighted by Crippen LogP contribution is 2.35. The third-order valence-electron chi connectivity index (χ3n) is 8.12. The standard InChI is InChI=1S/C35H28N2O4/c1-4-37(5-2)25-13-10-24-19-27(35(39)41-33(24)20-25)22-12-15-31-29(17-22)28-16-21(11-14-30(28)36(31)3)26-18-23-8-6-7-9-32(23)40-34(26)38/h6-20H,4-5H2,1-3H3. The monoisotopic (exact) mass is 540 g/mol. The van der Waals surface area contributed by atoms with E-state index in [2.05, 4.69) is 29.4 Å². The van der Waals surface area contributed by atoms with Gasteiger partial charge in [0.1, 0.15) is 11.2 Å². The number of benzene rings is 4. The Kier molecular flexibility index (Phi) is 5.78. The molecule has 0 saturated carbocycles. The number of hydrogen-bond donors (Lipinski definition) is 0. The van der Waals surface area contributed by atoms with Crippen molar-refractivity contribution in [1.82, 2.24) is 4.57 Å². The fourth-order valence-corrected chi connectivity index (χ4v) is 5.90. The van der Waals surface area contributed by atoms with Gasteiger partial charge in [0.25, 0.3) is 0 Å². The smallest absolute Gasteiger partial charge is 0.344 e. The van der Waals surface area contributed by atoms with Gasteiger partial charge in [0.05, 0.1) is 11.1 Å². The first-order chi connectivity index (χ1) is 19.9. The number of para-hydroxylation sites is 1. The summed E-state index contributed by atoms with van der Waals surface area (Å²) in [5.74, 6) is 0. The first kappa shape index (κ1) is 24.9. The Bertz CT molecular complexity index is 2250. The molecular weight excluding hydrogens is 512 g/mol. The van der Waals surface area contributed by atoms with Gasteiger partial charge >= 0.3 is 11.3 Å². The van der Waals surface area contributed by atoms with Crippen LogP contribution in [0.2, 0.25) is 0 Å². The molecule has 0 unspecified atom stereocenters. The fraction of sp³-hybridized carbons (Fsp3) is 0.143. The molecule has 6 heteroatoms. The lowest BCUT2D eigenvalue weighted by Crippen LogP contribution is -2.21. The molecule has 3 aromatic heterocycles. The van der Waals surface area contributed by atoms with E-state index in [9.17, 15) is 9.59 Å². The molecule has 0 bridgehead atoms. The number of hydrogen-bond acceptors (Lipinski definition) is 5. The Labute approximate surface area is 235 Å². The Morgan fingerprint density at radius 2 is 1.20 bits per heavy atom. The molecule has 0 atom stereocenters. The van der Waals surface area contributed by atoms with Crippen molar-refractivity contribution in [1.29, 1.82) is 0 Å². The van der Waals surface area contributed by atoms with Crippen LogP contribution in [0.3, 0.4) is 0 Å². The number of anilines is 1. The summed E-state index contributed by atoms with van der Waals surface area (Å²) >= 11 is 0. The Morgan fingerprint density at radius 1 is 0.634 bits per heavy atom. The molecule has 41 heavy (non-hydrogen) atoms. The molecule has 0 saturated heterocycles. The zero-order chi connectivity index (χ0) is 28.2. The van der Waals surface area contributed by atoms with Crippen LogP contribution in [0.4, 0.5) is 5.69 Å². The minimum atomic E-state index is -0.373. The van der Waals surface area contributed by atoms with Crippen LogP contribution >= 0.6 is 0 Å². The third kappa shape index (κ3) is 4.02. The molecular formula is C35H28N2O4. The number of aromatic nitrogens is 1. The van der Waals surface area contributed by atoms with Gasteiger partial charge in [-0.3, -0.25) is 0 Å². The van der Waals surface area contributed by atoms with E-state index in [0.717, 1.165) is 62.5 Å². The van der Waals surface area contributed by atoms with Crippen molar-refractivity contribution >= 4 is 49.4 Å². The van der Waals surface area contributed by atoms with Crippen LogP contribution in [0.15, 0.2) is 109 Å². The zero-order valence-electron chi connectivity index (χ0n) is 23.1. The van der Waals surface area contributed by atoms with Gasteiger partial charge < -0.3 is 18.3 Å². The maximum absolute atomic E-state index is 13.2. The lowest BCUT2D eigenvalue weighted by atomic mass is 10.0. The second-order valence-electron chi connectivity index (χ2n) is 10.4. The molecule has 0 aliphatic rings. The predicted molar refractivity (Wildman–Crippen MR) is 167 cm³/mol. The minimum Gasteiger partial charge on any atom is -0.422 e. The van der Waals surface area contributed by atoms with E-state index in [1.165, 1.54) is 0 Å². The first-order valence-corrected chi connectivity index (χ1v) is 13.8. The Morgan fingerprint density at radius 3 is 1.80 bits per heavy atom. The Hall–Kier alpha value is -5.10. The van der Waals surface area contributed by atoms with Gasteiger partial charge in [0.15, 0.2) is 0 Å². The van der Waals surface area contributed by atoms with Crippen molar-refractivity contribution < 1.29 is 8.83 Å². The molecule has 6 nitrogen and oxygen atoms in total. The van der Waals surface area contributed by atoms with Gasteiger partial charge in [-0.15, -0.1) is 0 Å². The number of nitrogens with zero attached hydrogens (tertiary/aromatic N) is 2. The average molecular weight is 541 g/mol. The highest BCUT2D eigenvalue weighted by molar-refractivity contribution is 6.10. The van der Waals surface area contributed by atoms with Crippen LogP contribution in [0.25, 0.3) is 66.0 Å². The van der Waals surface area contributed by atoms with Crippen molar-refractivity contribution in [3.05, 3.63) is 112 Å². The lowest BCUT2D eigenvalue weighted by Gasteiger charge is -2.21.